The van der Waals surface area contributed by atoms with Gasteiger partial charge in [0.2, 0.25) is 0 Å². The van der Waals surface area contributed by atoms with Gasteiger partial charge in [0.1, 0.15) is 0 Å². The molecule has 2 N–H and O–H groups in total. The van der Waals surface area contributed by atoms with Crippen molar-refractivity contribution in [2.45, 2.75) is 32.5 Å². The maximum atomic E-state index is 5.58. The predicted octanol–water partition coefficient (Wildman–Crippen LogP) is 0.775. The Bertz CT molecular complexity index is 104. The highest BCUT2D eigenvalue weighted by molar-refractivity contribution is 4.70. The van der Waals surface area contributed by atoms with Crippen LogP contribution in [0.25, 0.3) is 0 Å². The van der Waals surface area contributed by atoms with Gasteiger partial charge < -0.3 is 15.2 Å². The Morgan fingerprint density at radius 1 is 1.45 bits per heavy atom. The van der Waals surface area contributed by atoms with Gasteiger partial charge >= 0.3 is 0 Å². The van der Waals surface area contributed by atoms with E-state index in [0.29, 0.717) is 13.2 Å². The molecular weight excluding hydrogens is 142 g/mol. The van der Waals surface area contributed by atoms with Crippen molar-refractivity contribution in [3.8, 4) is 0 Å². The van der Waals surface area contributed by atoms with E-state index in [0.717, 1.165) is 0 Å². The smallest absolute Gasteiger partial charge is 0.0788 e. The summed E-state index contributed by atoms with van der Waals surface area (Å²) < 4.78 is 10.5. The molecule has 0 saturated carbocycles. The van der Waals surface area contributed by atoms with Crippen LogP contribution in [-0.2, 0) is 9.47 Å². The quantitative estimate of drug-likeness (QED) is 0.648. The molecule has 0 saturated heterocycles. The van der Waals surface area contributed by atoms with Crippen molar-refractivity contribution in [2.24, 2.45) is 5.73 Å². The van der Waals surface area contributed by atoms with E-state index in [1.165, 1.54) is 0 Å². The second-order valence-electron chi connectivity index (χ2n) is 3.35. The van der Waals surface area contributed by atoms with Crippen LogP contribution < -0.4 is 5.73 Å². The fraction of sp³-hybridized carbons (Fsp3) is 1.00. The molecule has 0 rings (SSSR count). The lowest BCUT2D eigenvalue weighted by molar-refractivity contribution is -0.0822. The van der Waals surface area contributed by atoms with E-state index in [9.17, 15) is 0 Å². The largest absolute Gasteiger partial charge is 0.382 e. The van der Waals surface area contributed by atoms with Crippen LogP contribution in [0.4, 0.5) is 0 Å². The molecule has 0 aromatic heterocycles. The van der Waals surface area contributed by atoms with Gasteiger partial charge in [-0.1, -0.05) is 0 Å². The lowest BCUT2D eigenvalue weighted by Crippen LogP contribution is -2.38. The average Bonchev–Trinajstić information content (AvgIpc) is 1.87. The molecular formula is C8H19NO2. The zero-order chi connectivity index (χ0) is 8.91. The molecule has 0 heterocycles. The zero-order valence-electron chi connectivity index (χ0n) is 7.89. The number of ether oxygens (including phenoxy) is 2. The van der Waals surface area contributed by atoms with Gasteiger partial charge in [-0.05, 0) is 20.8 Å². The summed E-state index contributed by atoms with van der Waals surface area (Å²) in [5.41, 5.74) is 5.25. The average molecular weight is 161 g/mol. The van der Waals surface area contributed by atoms with E-state index in [1.54, 1.807) is 7.11 Å². The highest BCUT2D eigenvalue weighted by atomic mass is 16.5. The van der Waals surface area contributed by atoms with Gasteiger partial charge in [-0.25, -0.2) is 0 Å². The van der Waals surface area contributed by atoms with Gasteiger partial charge in [-0.2, -0.15) is 0 Å². The summed E-state index contributed by atoms with van der Waals surface area (Å²) in [5.74, 6) is 0. The minimum Gasteiger partial charge on any atom is -0.382 e. The van der Waals surface area contributed by atoms with Crippen LogP contribution in [0, 0.1) is 0 Å². The normalized spacial score (nSPS) is 15.0. The van der Waals surface area contributed by atoms with Crippen LogP contribution in [0.3, 0.4) is 0 Å². The minimum absolute atomic E-state index is 0.110. The number of rotatable bonds is 5. The van der Waals surface area contributed by atoms with Crippen molar-refractivity contribution in [2.75, 3.05) is 20.3 Å². The Hall–Kier alpha value is -0.120. The summed E-state index contributed by atoms with van der Waals surface area (Å²) in [6, 6.07) is 0. The molecule has 11 heavy (non-hydrogen) atoms. The highest BCUT2D eigenvalue weighted by Crippen LogP contribution is 2.09. The lowest BCUT2D eigenvalue weighted by Gasteiger charge is -2.27. The van der Waals surface area contributed by atoms with Crippen molar-refractivity contribution in [3.05, 3.63) is 0 Å². The molecule has 0 aromatic rings. The SMILES string of the molecule is COCC(C)OC(C)(C)CN. The Labute approximate surface area is 68.9 Å². The lowest BCUT2D eigenvalue weighted by atomic mass is 10.1. The third-order valence-corrected chi connectivity index (χ3v) is 1.41. The fourth-order valence-corrected chi connectivity index (χ4v) is 0.861. The molecule has 3 nitrogen and oxygen atoms in total. The number of methoxy groups -OCH3 is 1. The van der Waals surface area contributed by atoms with Crippen LogP contribution >= 0.6 is 0 Å². The molecule has 0 aliphatic heterocycles. The third-order valence-electron chi connectivity index (χ3n) is 1.41. The molecule has 1 atom stereocenters. The van der Waals surface area contributed by atoms with Gasteiger partial charge in [0.05, 0.1) is 18.3 Å². The molecule has 0 aliphatic rings. The van der Waals surface area contributed by atoms with E-state index >= 15 is 0 Å². The monoisotopic (exact) mass is 161 g/mol. The van der Waals surface area contributed by atoms with E-state index in [-0.39, 0.29) is 11.7 Å². The predicted molar refractivity (Wildman–Crippen MR) is 45.6 cm³/mol. The van der Waals surface area contributed by atoms with Crippen molar-refractivity contribution in [3.63, 3.8) is 0 Å². The van der Waals surface area contributed by atoms with E-state index in [1.807, 2.05) is 20.8 Å². The Morgan fingerprint density at radius 3 is 2.36 bits per heavy atom. The van der Waals surface area contributed by atoms with Gasteiger partial charge in [-0.15, -0.1) is 0 Å². The Balaban J connectivity index is 3.64. The summed E-state index contributed by atoms with van der Waals surface area (Å²) in [7, 11) is 1.66. The number of nitrogens with two attached hydrogens (primary N) is 1. The molecule has 0 aromatic carbocycles. The van der Waals surface area contributed by atoms with Crippen LogP contribution in [0.2, 0.25) is 0 Å². The molecule has 3 heteroatoms. The molecule has 0 bridgehead atoms. The van der Waals surface area contributed by atoms with E-state index in [2.05, 4.69) is 0 Å². The molecule has 0 amide bonds. The van der Waals surface area contributed by atoms with E-state index in [4.69, 9.17) is 15.2 Å². The van der Waals surface area contributed by atoms with Gasteiger partial charge in [-0.3, -0.25) is 0 Å². The Kier molecular flexibility index (Phi) is 4.65. The van der Waals surface area contributed by atoms with Crippen molar-refractivity contribution in [1.82, 2.24) is 0 Å². The summed E-state index contributed by atoms with van der Waals surface area (Å²) in [4.78, 5) is 0. The number of hydrogen-bond acceptors (Lipinski definition) is 3. The van der Waals surface area contributed by atoms with Gasteiger partial charge in [0.15, 0.2) is 0 Å². The summed E-state index contributed by atoms with van der Waals surface area (Å²) in [6.07, 6.45) is 0.110. The van der Waals surface area contributed by atoms with Crippen molar-refractivity contribution < 1.29 is 9.47 Å². The molecule has 1 unspecified atom stereocenters. The summed E-state index contributed by atoms with van der Waals surface area (Å²) >= 11 is 0. The minimum atomic E-state index is -0.238. The van der Waals surface area contributed by atoms with Crippen LogP contribution in [0.1, 0.15) is 20.8 Å². The zero-order valence-corrected chi connectivity index (χ0v) is 7.89. The van der Waals surface area contributed by atoms with Crippen molar-refractivity contribution >= 4 is 0 Å². The topological polar surface area (TPSA) is 44.5 Å². The van der Waals surface area contributed by atoms with Crippen LogP contribution in [0.5, 0.6) is 0 Å². The first-order valence-electron chi connectivity index (χ1n) is 3.88. The Morgan fingerprint density at radius 2 is 2.00 bits per heavy atom. The number of hydrogen-bond donors (Lipinski definition) is 1. The highest BCUT2D eigenvalue weighted by Gasteiger charge is 2.18. The van der Waals surface area contributed by atoms with Gasteiger partial charge in [0, 0.05) is 13.7 Å². The third kappa shape index (κ3) is 5.18. The first kappa shape index (κ1) is 10.9. The van der Waals surface area contributed by atoms with E-state index < -0.39 is 0 Å². The molecule has 0 radical (unpaired) electrons. The molecule has 0 spiro atoms. The molecule has 68 valence electrons. The van der Waals surface area contributed by atoms with Gasteiger partial charge in [0.25, 0.3) is 0 Å². The maximum absolute atomic E-state index is 5.58. The second-order valence-corrected chi connectivity index (χ2v) is 3.35. The van der Waals surface area contributed by atoms with Crippen LogP contribution in [-0.4, -0.2) is 32.0 Å². The second kappa shape index (κ2) is 4.70. The standard InChI is InChI=1S/C8H19NO2/c1-7(5-10-4)11-8(2,3)6-9/h7H,5-6,9H2,1-4H3. The summed E-state index contributed by atoms with van der Waals surface area (Å²) in [5, 5.41) is 0. The first-order chi connectivity index (χ1) is 5.02. The van der Waals surface area contributed by atoms with Crippen LogP contribution in [0.15, 0.2) is 0 Å². The van der Waals surface area contributed by atoms with Crippen molar-refractivity contribution in [1.29, 1.82) is 0 Å². The first-order valence-corrected chi connectivity index (χ1v) is 3.88. The molecule has 0 aliphatic carbocycles. The molecule has 0 fully saturated rings. The maximum Gasteiger partial charge on any atom is 0.0788 e. The summed E-state index contributed by atoms with van der Waals surface area (Å²) in [6.45, 7) is 7.06. The fourth-order valence-electron chi connectivity index (χ4n) is 0.861.